The van der Waals surface area contributed by atoms with Gasteiger partial charge in [0, 0.05) is 29.8 Å². The van der Waals surface area contributed by atoms with Crippen LogP contribution in [0.4, 0.5) is 9.59 Å². The average molecular weight is 762 g/mol. The number of methoxy groups -OCH3 is 1. The standard InChI is InChI=1S/C41H47N9O6/c1-23(2)33(47-40(53)54)38(51)50-21-7-9-32(50)37-44-29(18-19-42)35(46-37)27-15-12-25(13-16-27)10-11-26-14-17-28-30(22-26)45-36(43-28)31-8-6-20-49(31)39(52)34(24(3)4)48-41(55)56-5/h12-17,22-24,31-34,47H,6-9,18,20-21H2,1-5H3,(H,43,45)(H,44,46)(H,48,55)(H,53,54)/t31?,32-,33-,34-/m0/s1. The number of benzene rings is 2. The summed E-state index contributed by atoms with van der Waals surface area (Å²) in [5.41, 5.74) is 5.16. The van der Waals surface area contributed by atoms with Gasteiger partial charge in [0.05, 0.1) is 54.1 Å². The number of fused-ring (bicyclic) bond motifs is 1. The fraction of sp³-hybridized carbons (Fsp3) is 0.439. The molecule has 2 aromatic heterocycles. The van der Waals surface area contributed by atoms with E-state index in [4.69, 9.17) is 14.7 Å². The second-order valence-corrected chi connectivity index (χ2v) is 14.9. The second kappa shape index (κ2) is 17.0. The van der Waals surface area contributed by atoms with Crippen molar-refractivity contribution in [3.8, 4) is 29.2 Å². The Morgan fingerprint density at radius 3 is 2.00 bits per heavy atom. The number of imidazole rings is 2. The highest BCUT2D eigenvalue weighted by Crippen LogP contribution is 2.35. The fourth-order valence-corrected chi connectivity index (χ4v) is 7.49. The monoisotopic (exact) mass is 761 g/mol. The van der Waals surface area contributed by atoms with Crippen LogP contribution < -0.4 is 10.6 Å². The third-order valence-corrected chi connectivity index (χ3v) is 10.4. The first-order valence-electron chi connectivity index (χ1n) is 18.9. The molecule has 2 aliphatic heterocycles. The first-order chi connectivity index (χ1) is 26.9. The van der Waals surface area contributed by atoms with Crippen LogP contribution in [-0.2, 0) is 20.7 Å². The summed E-state index contributed by atoms with van der Waals surface area (Å²) >= 11 is 0. The molecule has 15 heteroatoms. The number of alkyl carbamates (subject to hydrolysis) is 1. The molecule has 2 aromatic carbocycles. The minimum Gasteiger partial charge on any atom is -0.465 e. The molecule has 56 heavy (non-hydrogen) atoms. The van der Waals surface area contributed by atoms with Crippen LogP contribution in [0.5, 0.6) is 0 Å². The molecular formula is C41H47N9O6. The van der Waals surface area contributed by atoms with Gasteiger partial charge < -0.3 is 40.2 Å². The van der Waals surface area contributed by atoms with Gasteiger partial charge in [0.15, 0.2) is 0 Å². The number of hydrogen-bond donors (Lipinski definition) is 5. The van der Waals surface area contributed by atoms with Crippen molar-refractivity contribution in [3.63, 3.8) is 0 Å². The molecule has 0 aliphatic carbocycles. The van der Waals surface area contributed by atoms with Gasteiger partial charge in [-0.3, -0.25) is 9.59 Å². The predicted octanol–water partition coefficient (Wildman–Crippen LogP) is 5.42. The highest BCUT2D eigenvalue weighted by molar-refractivity contribution is 5.87. The summed E-state index contributed by atoms with van der Waals surface area (Å²) in [5, 5.41) is 24.0. The summed E-state index contributed by atoms with van der Waals surface area (Å²) in [4.78, 5) is 70.3. The Kier molecular flexibility index (Phi) is 11.9. The van der Waals surface area contributed by atoms with Gasteiger partial charge in [-0.1, -0.05) is 51.7 Å². The lowest BCUT2D eigenvalue weighted by Gasteiger charge is -2.29. The molecule has 4 heterocycles. The molecule has 0 spiro atoms. The number of hydrogen-bond acceptors (Lipinski definition) is 8. The van der Waals surface area contributed by atoms with Gasteiger partial charge in [-0.15, -0.1) is 0 Å². The van der Waals surface area contributed by atoms with Gasteiger partial charge in [0.25, 0.3) is 0 Å². The minimum atomic E-state index is -1.25. The SMILES string of the molecule is COC(=O)N[C@H](C(=O)N1CCCC1c1nc2ccc(C#Cc3ccc(-c4nc([C@@H]5CCCN5C(=O)[C@@H](NC(=O)O)C(C)C)[nH]c4CC#N)cc3)cc2[nH]1)C(C)C. The molecule has 0 radical (unpaired) electrons. The van der Waals surface area contributed by atoms with Crippen molar-refractivity contribution in [2.75, 3.05) is 20.2 Å². The topological polar surface area (TPSA) is 209 Å². The van der Waals surface area contributed by atoms with Crippen LogP contribution in [0, 0.1) is 35.0 Å². The summed E-state index contributed by atoms with van der Waals surface area (Å²) < 4.78 is 4.75. The summed E-state index contributed by atoms with van der Waals surface area (Å²) in [6.07, 6.45) is 1.18. The summed E-state index contributed by atoms with van der Waals surface area (Å²) in [7, 11) is 1.28. The molecule has 2 saturated heterocycles. The molecule has 15 nitrogen and oxygen atoms in total. The highest BCUT2D eigenvalue weighted by atomic mass is 16.5. The van der Waals surface area contributed by atoms with Crippen molar-refractivity contribution in [2.24, 2.45) is 11.8 Å². The van der Waals surface area contributed by atoms with E-state index in [9.17, 15) is 29.5 Å². The van der Waals surface area contributed by atoms with E-state index >= 15 is 0 Å². The molecule has 2 fully saturated rings. The van der Waals surface area contributed by atoms with Crippen LogP contribution in [0.2, 0.25) is 0 Å². The van der Waals surface area contributed by atoms with Gasteiger partial charge >= 0.3 is 12.2 Å². The molecule has 4 amide bonds. The second-order valence-electron chi connectivity index (χ2n) is 14.9. The molecule has 2 aliphatic rings. The average Bonchev–Trinajstić information content (AvgIpc) is 4.00. The zero-order valence-corrected chi connectivity index (χ0v) is 32.2. The van der Waals surface area contributed by atoms with E-state index in [1.54, 1.807) is 23.6 Å². The number of carbonyl (C=O) groups is 4. The number of aromatic amines is 2. The predicted molar refractivity (Wildman–Crippen MR) is 207 cm³/mol. The highest BCUT2D eigenvalue weighted by Gasteiger charge is 2.39. The maximum Gasteiger partial charge on any atom is 0.407 e. The normalized spacial score (nSPS) is 17.7. The molecule has 292 valence electrons. The number of H-pyrrole nitrogens is 2. The number of nitrogens with zero attached hydrogens (tertiary/aromatic N) is 5. The lowest BCUT2D eigenvalue weighted by atomic mass is 10.0. The number of ether oxygens (including phenoxy) is 1. The maximum atomic E-state index is 13.6. The summed E-state index contributed by atoms with van der Waals surface area (Å²) in [6, 6.07) is 13.3. The van der Waals surface area contributed by atoms with Crippen LogP contribution in [0.25, 0.3) is 22.3 Å². The van der Waals surface area contributed by atoms with Gasteiger partial charge in [0.2, 0.25) is 11.8 Å². The lowest BCUT2D eigenvalue weighted by Crippen LogP contribution is -2.51. The quantitative estimate of drug-likeness (QED) is 0.131. The lowest BCUT2D eigenvalue weighted by molar-refractivity contribution is -0.136. The van der Waals surface area contributed by atoms with Crippen molar-refractivity contribution in [2.45, 2.75) is 84.0 Å². The zero-order chi connectivity index (χ0) is 40.1. The van der Waals surface area contributed by atoms with Crippen LogP contribution in [0.15, 0.2) is 42.5 Å². The van der Waals surface area contributed by atoms with E-state index in [0.717, 1.165) is 47.0 Å². The molecule has 4 aromatic rings. The number of nitriles is 1. The molecule has 4 atom stereocenters. The number of nitrogens with one attached hydrogen (secondary N) is 4. The van der Waals surface area contributed by atoms with Crippen LogP contribution in [0.3, 0.4) is 0 Å². The Morgan fingerprint density at radius 2 is 1.43 bits per heavy atom. The van der Waals surface area contributed by atoms with Gasteiger partial charge in [-0.25, -0.2) is 19.6 Å². The molecular weight excluding hydrogens is 715 g/mol. The van der Waals surface area contributed by atoms with E-state index in [-0.39, 0.29) is 42.2 Å². The van der Waals surface area contributed by atoms with E-state index in [0.29, 0.717) is 42.5 Å². The van der Waals surface area contributed by atoms with Crippen LogP contribution in [-0.4, -0.2) is 91.1 Å². The van der Waals surface area contributed by atoms with Gasteiger partial charge in [-0.05, 0) is 67.9 Å². The maximum absolute atomic E-state index is 13.6. The first kappa shape index (κ1) is 39.3. The van der Waals surface area contributed by atoms with Crippen molar-refractivity contribution in [1.29, 1.82) is 5.26 Å². The Bertz CT molecular complexity index is 2210. The van der Waals surface area contributed by atoms with Crippen molar-refractivity contribution in [1.82, 2.24) is 40.4 Å². The Hall–Kier alpha value is -6.35. The Balaban J connectivity index is 1.18. The molecule has 6 rings (SSSR count). The Morgan fingerprint density at radius 1 is 0.857 bits per heavy atom. The van der Waals surface area contributed by atoms with E-state index < -0.39 is 24.3 Å². The molecule has 5 N–H and O–H groups in total. The van der Waals surface area contributed by atoms with Crippen molar-refractivity contribution >= 4 is 35.0 Å². The minimum absolute atomic E-state index is 0.0949. The number of rotatable bonds is 10. The molecule has 1 unspecified atom stereocenters. The van der Waals surface area contributed by atoms with E-state index in [2.05, 4.69) is 38.5 Å². The molecule has 0 saturated carbocycles. The number of carbonyl (C=O) groups excluding carboxylic acids is 3. The number of amides is 4. The zero-order valence-electron chi connectivity index (χ0n) is 32.2. The van der Waals surface area contributed by atoms with Gasteiger partial charge in [0.1, 0.15) is 23.7 Å². The molecule has 0 bridgehead atoms. The third kappa shape index (κ3) is 8.47. The fourth-order valence-electron chi connectivity index (χ4n) is 7.49. The van der Waals surface area contributed by atoms with E-state index in [1.165, 1.54) is 7.11 Å². The first-order valence-corrected chi connectivity index (χ1v) is 18.9. The number of likely N-dealkylation sites (tertiary alicyclic amines) is 2. The van der Waals surface area contributed by atoms with Crippen LogP contribution in [0.1, 0.15) is 93.9 Å². The van der Waals surface area contributed by atoms with E-state index in [1.807, 2.05) is 56.3 Å². The van der Waals surface area contributed by atoms with Gasteiger partial charge in [-0.2, -0.15) is 5.26 Å². The van der Waals surface area contributed by atoms with Crippen molar-refractivity contribution in [3.05, 3.63) is 70.9 Å². The smallest absolute Gasteiger partial charge is 0.407 e. The Labute approximate surface area is 325 Å². The largest absolute Gasteiger partial charge is 0.465 e. The third-order valence-electron chi connectivity index (χ3n) is 10.4. The van der Waals surface area contributed by atoms with Crippen LogP contribution >= 0.6 is 0 Å². The number of aromatic nitrogens is 4. The summed E-state index contributed by atoms with van der Waals surface area (Å²) in [5.74, 6) is 6.87. The summed E-state index contributed by atoms with van der Waals surface area (Å²) in [6.45, 7) is 8.42. The van der Waals surface area contributed by atoms with Crippen molar-refractivity contribution < 1.29 is 29.0 Å². The number of carboxylic acid groups (broad SMARTS) is 1.